The molecule has 146 valence electrons. The fourth-order valence-corrected chi connectivity index (χ4v) is 4.25. The van der Waals surface area contributed by atoms with Crippen LogP contribution in [0.15, 0.2) is 65.8 Å². The average Bonchev–Trinajstić information content (AvgIpc) is 2.69. The number of ketones is 1. The molecule has 2 nitrogen and oxygen atoms in total. The molecule has 0 heterocycles. The van der Waals surface area contributed by atoms with Crippen molar-refractivity contribution in [3.8, 4) is 11.8 Å². The summed E-state index contributed by atoms with van der Waals surface area (Å²) in [6.07, 6.45) is 6.36. The van der Waals surface area contributed by atoms with Crippen LogP contribution in [0.25, 0.3) is 6.08 Å². The number of benzene rings is 2. The second-order valence-electron chi connectivity index (χ2n) is 8.09. The first-order valence-electron chi connectivity index (χ1n) is 9.96. The predicted octanol–water partition coefficient (Wildman–Crippen LogP) is 5.06. The van der Waals surface area contributed by atoms with Crippen LogP contribution < -0.4 is 0 Å². The maximum absolute atomic E-state index is 13.3. The molecular weight excluding hydrogens is 363 g/mol. The molecule has 1 N–H and O–H groups in total. The Balaban J connectivity index is 1.62. The van der Waals surface area contributed by atoms with E-state index in [1.54, 1.807) is 18.2 Å². The Kier molecular flexibility index (Phi) is 5.22. The molecule has 0 unspecified atom stereocenters. The lowest BCUT2D eigenvalue weighted by Crippen LogP contribution is -2.40. The topological polar surface area (TPSA) is 37.3 Å². The average molecular weight is 386 g/mol. The fraction of sp³-hybridized carbons (Fsp3) is 0.269. The summed E-state index contributed by atoms with van der Waals surface area (Å²) in [6, 6.07) is 13.8. The number of rotatable bonds is 1. The van der Waals surface area contributed by atoms with Crippen molar-refractivity contribution in [2.24, 2.45) is 5.41 Å². The van der Waals surface area contributed by atoms with Gasteiger partial charge in [-0.15, -0.1) is 0 Å². The Labute approximate surface area is 170 Å². The van der Waals surface area contributed by atoms with Gasteiger partial charge in [-0.3, -0.25) is 4.79 Å². The van der Waals surface area contributed by atoms with Crippen LogP contribution in [0.1, 0.15) is 49.3 Å². The van der Waals surface area contributed by atoms with Gasteiger partial charge in [0.05, 0.1) is 6.10 Å². The Morgan fingerprint density at radius 3 is 2.62 bits per heavy atom. The molecule has 2 aromatic rings. The van der Waals surface area contributed by atoms with Crippen molar-refractivity contribution in [1.29, 1.82) is 0 Å². The molecule has 29 heavy (non-hydrogen) atoms. The minimum absolute atomic E-state index is 0.0304. The predicted molar refractivity (Wildman–Crippen MR) is 112 cm³/mol. The van der Waals surface area contributed by atoms with Gasteiger partial charge in [0.15, 0.2) is 5.78 Å². The molecule has 2 aliphatic rings. The van der Waals surface area contributed by atoms with Gasteiger partial charge in [-0.05, 0) is 73.7 Å². The normalized spacial score (nSPS) is 25.1. The number of aliphatic hydroxyl groups excluding tert-OH is 1. The molecule has 1 saturated carbocycles. The monoisotopic (exact) mass is 386 g/mol. The maximum Gasteiger partial charge on any atom is 0.181 e. The number of allylic oxidation sites excluding steroid dienone is 2. The van der Waals surface area contributed by atoms with Crippen LogP contribution >= 0.6 is 0 Å². The SMILES string of the molecule is C[C@]12CC(=Cc3cccc(C#Cc4cccc(F)c4)c3)C(=O)C=C1CCC[C@@H]2O. The molecule has 0 radical (unpaired) electrons. The van der Waals surface area contributed by atoms with Gasteiger partial charge in [-0.25, -0.2) is 4.39 Å². The van der Waals surface area contributed by atoms with E-state index in [0.717, 1.165) is 36.0 Å². The molecule has 3 heteroatoms. The van der Waals surface area contributed by atoms with Crippen molar-refractivity contribution in [3.05, 3.63) is 88.3 Å². The lowest BCUT2D eigenvalue weighted by Gasteiger charge is -2.43. The summed E-state index contributed by atoms with van der Waals surface area (Å²) >= 11 is 0. The van der Waals surface area contributed by atoms with Crippen LogP contribution in [-0.4, -0.2) is 17.0 Å². The Hall–Kier alpha value is -2.96. The van der Waals surface area contributed by atoms with Crippen LogP contribution in [0.5, 0.6) is 0 Å². The van der Waals surface area contributed by atoms with Gasteiger partial charge in [-0.2, -0.15) is 0 Å². The first-order chi connectivity index (χ1) is 13.9. The number of fused-ring (bicyclic) bond motifs is 1. The molecule has 2 aliphatic carbocycles. The van der Waals surface area contributed by atoms with Gasteiger partial charge >= 0.3 is 0 Å². The quantitative estimate of drug-likeness (QED) is 0.549. The molecule has 2 atom stereocenters. The summed E-state index contributed by atoms with van der Waals surface area (Å²) in [5.41, 5.74) is 3.75. The minimum Gasteiger partial charge on any atom is -0.392 e. The summed E-state index contributed by atoms with van der Waals surface area (Å²) in [7, 11) is 0. The Morgan fingerprint density at radius 1 is 1.14 bits per heavy atom. The first-order valence-corrected chi connectivity index (χ1v) is 9.96. The van der Waals surface area contributed by atoms with Crippen molar-refractivity contribution >= 4 is 11.9 Å². The van der Waals surface area contributed by atoms with Crippen molar-refractivity contribution in [2.75, 3.05) is 0 Å². The van der Waals surface area contributed by atoms with Crippen LogP contribution in [0.2, 0.25) is 0 Å². The van der Waals surface area contributed by atoms with Crippen LogP contribution in [0.3, 0.4) is 0 Å². The van der Waals surface area contributed by atoms with E-state index in [4.69, 9.17) is 0 Å². The zero-order chi connectivity index (χ0) is 20.4. The summed E-state index contributed by atoms with van der Waals surface area (Å²) in [5.74, 6) is 5.75. The molecule has 0 bridgehead atoms. The highest BCUT2D eigenvalue weighted by atomic mass is 19.1. The molecule has 0 aromatic heterocycles. The molecule has 0 aliphatic heterocycles. The summed E-state index contributed by atoms with van der Waals surface area (Å²) in [6.45, 7) is 2.06. The number of aliphatic hydroxyl groups is 1. The molecular formula is C26H23FO2. The molecule has 0 amide bonds. The van der Waals surface area contributed by atoms with Crippen molar-refractivity contribution in [3.63, 3.8) is 0 Å². The van der Waals surface area contributed by atoms with Gasteiger partial charge < -0.3 is 5.11 Å². The number of hydrogen-bond acceptors (Lipinski definition) is 2. The molecule has 4 rings (SSSR count). The van der Waals surface area contributed by atoms with Gasteiger partial charge in [0.2, 0.25) is 0 Å². The van der Waals surface area contributed by atoms with Gasteiger partial charge in [0.25, 0.3) is 0 Å². The van der Waals surface area contributed by atoms with Crippen molar-refractivity contribution in [2.45, 2.75) is 38.7 Å². The second-order valence-corrected chi connectivity index (χ2v) is 8.09. The lowest BCUT2D eigenvalue weighted by atomic mass is 9.63. The van der Waals surface area contributed by atoms with Crippen LogP contribution in [0.4, 0.5) is 4.39 Å². The zero-order valence-electron chi connectivity index (χ0n) is 16.4. The largest absolute Gasteiger partial charge is 0.392 e. The molecule has 2 aromatic carbocycles. The second kappa shape index (κ2) is 7.81. The van der Waals surface area contributed by atoms with E-state index in [2.05, 4.69) is 18.8 Å². The first kappa shape index (κ1) is 19.4. The van der Waals surface area contributed by atoms with E-state index >= 15 is 0 Å². The standard InChI is InChI=1S/C26H23FO2/c1-26-17-21(24(28)16-22(26)8-4-10-25(26)29)14-20-7-2-5-18(13-20)11-12-19-6-3-9-23(27)15-19/h2-3,5-7,9,13-16,25,29H,4,8,10,17H2,1H3/t25-,26-/m0/s1. The summed E-state index contributed by atoms with van der Waals surface area (Å²) in [5, 5.41) is 10.6. The number of carbonyl (C=O) groups excluding carboxylic acids is 1. The van der Waals surface area contributed by atoms with Crippen LogP contribution in [-0.2, 0) is 4.79 Å². The van der Waals surface area contributed by atoms with Gasteiger partial charge in [0, 0.05) is 22.1 Å². The van der Waals surface area contributed by atoms with Gasteiger partial charge in [0.1, 0.15) is 5.82 Å². The van der Waals surface area contributed by atoms with E-state index in [1.165, 1.54) is 12.1 Å². The Bertz CT molecular complexity index is 1080. The maximum atomic E-state index is 13.3. The van der Waals surface area contributed by atoms with Crippen molar-refractivity contribution < 1.29 is 14.3 Å². The highest BCUT2D eigenvalue weighted by Crippen LogP contribution is 2.48. The van der Waals surface area contributed by atoms with E-state index < -0.39 is 6.10 Å². The smallest absolute Gasteiger partial charge is 0.181 e. The molecule has 0 saturated heterocycles. The van der Waals surface area contributed by atoms with Crippen LogP contribution in [0, 0.1) is 23.1 Å². The highest BCUT2D eigenvalue weighted by molar-refractivity contribution is 6.08. The summed E-state index contributed by atoms with van der Waals surface area (Å²) < 4.78 is 13.3. The van der Waals surface area contributed by atoms with E-state index in [1.807, 2.05) is 30.3 Å². The number of hydrogen-bond donors (Lipinski definition) is 1. The third kappa shape index (κ3) is 4.09. The van der Waals surface area contributed by atoms with Crippen molar-refractivity contribution in [1.82, 2.24) is 0 Å². The highest BCUT2D eigenvalue weighted by Gasteiger charge is 2.43. The van der Waals surface area contributed by atoms with E-state index in [0.29, 0.717) is 17.6 Å². The minimum atomic E-state index is -0.414. The third-order valence-electron chi connectivity index (χ3n) is 5.98. The molecule has 0 spiro atoms. The Morgan fingerprint density at radius 2 is 1.86 bits per heavy atom. The van der Waals surface area contributed by atoms with E-state index in [9.17, 15) is 14.3 Å². The fourth-order valence-electron chi connectivity index (χ4n) is 4.25. The van der Waals surface area contributed by atoms with Gasteiger partial charge in [-0.1, -0.05) is 42.5 Å². The molecule has 1 fully saturated rings. The summed E-state index contributed by atoms with van der Waals surface area (Å²) in [4.78, 5) is 12.6. The number of carbonyl (C=O) groups is 1. The number of halogens is 1. The van der Waals surface area contributed by atoms with E-state index in [-0.39, 0.29) is 17.0 Å². The zero-order valence-corrected chi connectivity index (χ0v) is 16.4. The third-order valence-corrected chi connectivity index (χ3v) is 5.98. The lowest BCUT2D eigenvalue weighted by molar-refractivity contribution is -0.112.